The van der Waals surface area contributed by atoms with Crippen molar-refractivity contribution in [2.24, 2.45) is 11.1 Å². The molecule has 1 heterocycles. The number of primary amides is 1. The molecule has 0 saturated carbocycles. The number of rotatable bonds is 7. The number of nitrogens with zero attached hydrogens (tertiary/aromatic N) is 1. The van der Waals surface area contributed by atoms with Crippen LogP contribution < -0.4 is 5.73 Å². The highest BCUT2D eigenvalue weighted by molar-refractivity contribution is 6.02. The van der Waals surface area contributed by atoms with Gasteiger partial charge in [-0.05, 0) is 37.2 Å². The van der Waals surface area contributed by atoms with E-state index < -0.39 is 0 Å². The number of carbonyl (C=O) groups excluding carboxylic acids is 1. The zero-order valence-electron chi connectivity index (χ0n) is 16.4. The summed E-state index contributed by atoms with van der Waals surface area (Å²) in [5.74, 6) is -0.330. The predicted octanol–water partition coefficient (Wildman–Crippen LogP) is 5.34. The van der Waals surface area contributed by atoms with Crippen LogP contribution in [0.3, 0.4) is 0 Å². The molecule has 0 unspecified atom stereocenters. The van der Waals surface area contributed by atoms with Gasteiger partial charge in [0, 0.05) is 23.5 Å². The molecular formula is C22H32N2O. The number of hydrogen-bond acceptors (Lipinski definition) is 1. The first kappa shape index (κ1) is 19.3. The predicted molar refractivity (Wildman–Crippen MR) is 106 cm³/mol. The Balaban J connectivity index is 2.64. The number of aromatic nitrogens is 1. The molecule has 1 amide bonds. The highest BCUT2D eigenvalue weighted by Crippen LogP contribution is 2.34. The second-order valence-electron chi connectivity index (χ2n) is 8.08. The van der Waals surface area contributed by atoms with Gasteiger partial charge in [-0.15, -0.1) is 0 Å². The minimum absolute atomic E-state index is 0.249. The molecule has 3 heteroatoms. The van der Waals surface area contributed by atoms with Gasteiger partial charge in [0.15, 0.2) is 0 Å². The Labute approximate surface area is 152 Å². The summed E-state index contributed by atoms with van der Waals surface area (Å²) in [5.41, 5.74) is 11.1. The third-order valence-corrected chi connectivity index (χ3v) is 4.79. The van der Waals surface area contributed by atoms with Crippen LogP contribution in [-0.2, 0) is 13.0 Å². The van der Waals surface area contributed by atoms with E-state index in [1.807, 2.05) is 25.1 Å². The van der Waals surface area contributed by atoms with Gasteiger partial charge in [0.1, 0.15) is 0 Å². The largest absolute Gasteiger partial charge is 0.366 e. The van der Waals surface area contributed by atoms with Crippen molar-refractivity contribution in [3.05, 3.63) is 47.3 Å². The molecule has 0 saturated heterocycles. The zero-order valence-corrected chi connectivity index (χ0v) is 16.4. The maximum Gasteiger partial charge on any atom is 0.251 e. The zero-order chi connectivity index (χ0) is 18.6. The van der Waals surface area contributed by atoms with Crippen LogP contribution in [0.1, 0.15) is 68.7 Å². The molecule has 0 aliphatic heterocycles. The fourth-order valence-corrected chi connectivity index (χ4v) is 3.37. The van der Waals surface area contributed by atoms with E-state index in [9.17, 15) is 4.79 Å². The third-order valence-electron chi connectivity index (χ3n) is 4.79. The number of nitrogens with two attached hydrogens (primary N) is 1. The molecule has 0 fully saturated rings. The first-order chi connectivity index (χ1) is 11.8. The smallest absolute Gasteiger partial charge is 0.251 e. The molecule has 0 atom stereocenters. The summed E-state index contributed by atoms with van der Waals surface area (Å²) in [5, 5.41) is 0. The first-order valence-corrected chi connectivity index (χ1v) is 9.33. The molecule has 0 aliphatic carbocycles. The maximum atomic E-state index is 12.3. The number of benzene rings is 1. The van der Waals surface area contributed by atoms with Crippen LogP contribution in [-0.4, -0.2) is 10.5 Å². The Kier molecular flexibility index (Phi) is 6.10. The van der Waals surface area contributed by atoms with E-state index in [-0.39, 0.29) is 11.3 Å². The summed E-state index contributed by atoms with van der Waals surface area (Å²) >= 11 is 0. The van der Waals surface area contributed by atoms with Gasteiger partial charge in [-0.2, -0.15) is 0 Å². The van der Waals surface area contributed by atoms with Gasteiger partial charge >= 0.3 is 0 Å². The van der Waals surface area contributed by atoms with E-state index in [1.165, 1.54) is 5.69 Å². The van der Waals surface area contributed by atoms with E-state index in [0.717, 1.165) is 49.0 Å². The summed E-state index contributed by atoms with van der Waals surface area (Å²) in [6, 6.07) is 10.2. The van der Waals surface area contributed by atoms with E-state index in [0.29, 0.717) is 5.56 Å². The minimum atomic E-state index is -0.330. The van der Waals surface area contributed by atoms with Gasteiger partial charge in [0.25, 0.3) is 5.91 Å². The maximum absolute atomic E-state index is 12.3. The average Bonchev–Trinajstić information content (AvgIpc) is 2.83. The Morgan fingerprint density at radius 3 is 2.32 bits per heavy atom. The lowest BCUT2D eigenvalue weighted by atomic mass is 9.92. The van der Waals surface area contributed by atoms with Crippen LogP contribution >= 0.6 is 0 Å². The SMILES string of the molecule is CCCCc1c(-c2ccccc2)c(C(N)=O)c(C)n1CCC(C)(C)C. The van der Waals surface area contributed by atoms with E-state index in [1.54, 1.807) is 0 Å². The Bertz CT molecular complexity index is 721. The lowest BCUT2D eigenvalue weighted by Crippen LogP contribution is -2.15. The van der Waals surface area contributed by atoms with Gasteiger partial charge in [-0.3, -0.25) is 4.79 Å². The quantitative estimate of drug-likeness (QED) is 0.726. The van der Waals surface area contributed by atoms with Crippen molar-refractivity contribution in [1.82, 2.24) is 4.57 Å². The van der Waals surface area contributed by atoms with Crippen molar-refractivity contribution in [1.29, 1.82) is 0 Å². The standard InChI is InChI=1S/C22H32N2O/c1-6-7-13-18-20(17-11-9-8-10-12-17)19(21(23)25)16(2)24(18)15-14-22(3,4)5/h8-12H,6-7,13-15H2,1-5H3,(H2,23,25). The minimum Gasteiger partial charge on any atom is -0.366 e. The fraction of sp³-hybridized carbons (Fsp3) is 0.500. The number of carbonyl (C=O) groups is 1. The van der Waals surface area contributed by atoms with E-state index in [2.05, 4.69) is 44.4 Å². The molecule has 0 aliphatic rings. The molecule has 1 aromatic heterocycles. The van der Waals surface area contributed by atoms with Gasteiger partial charge in [0.05, 0.1) is 5.56 Å². The number of unbranched alkanes of at least 4 members (excludes halogenated alkanes) is 1. The lowest BCUT2D eigenvalue weighted by molar-refractivity contribution is 0.1000. The van der Waals surface area contributed by atoms with Crippen molar-refractivity contribution in [3.8, 4) is 11.1 Å². The molecule has 2 N–H and O–H groups in total. The summed E-state index contributed by atoms with van der Waals surface area (Å²) < 4.78 is 2.34. The van der Waals surface area contributed by atoms with Crippen molar-refractivity contribution >= 4 is 5.91 Å². The average molecular weight is 341 g/mol. The second kappa shape index (κ2) is 7.90. The van der Waals surface area contributed by atoms with Crippen LogP contribution in [0.4, 0.5) is 0 Å². The van der Waals surface area contributed by atoms with Gasteiger partial charge < -0.3 is 10.3 Å². The van der Waals surface area contributed by atoms with Gasteiger partial charge in [0.2, 0.25) is 0 Å². The molecule has 2 aromatic rings. The summed E-state index contributed by atoms with van der Waals surface area (Å²) in [7, 11) is 0. The van der Waals surface area contributed by atoms with Crippen molar-refractivity contribution in [2.75, 3.05) is 0 Å². The molecule has 136 valence electrons. The van der Waals surface area contributed by atoms with E-state index in [4.69, 9.17) is 5.73 Å². The number of hydrogen-bond donors (Lipinski definition) is 1. The van der Waals surface area contributed by atoms with Crippen molar-refractivity contribution < 1.29 is 4.79 Å². The molecule has 3 nitrogen and oxygen atoms in total. The van der Waals surface area contributed by atoms with E-state index >= 15 is 0 Å². The van der Waals surface area contributed by atoms with Crippen molar-refractivity contribution in [2.45, 2.75) is 66.8 Å². The third kappa shape index (κ3) is 4.53. The first-order valence-electron chi connectivity index (χ1n) is 9.33. The van der Waals surface area contributed by atoms with Crippen LogP contribution in [0.25, 0.3) is 11.1 Å². The van der Waals surface area contributed by atoms with Crippen LogP contribution in [0, 0.1) is 12.3 Å². The Morgan fingerprint density at radius 2 is 1.80 bits per heavy atom. The normalized spacial score (nSPS) is 11.7. The molecule has 0 radical (unpaired) electrons. The molecule has 25 heavy (non-hydrogen) atoms. The van der Waals surface area contributed by atoms with Crippen LogP contribution in [0.15, 0.2) is 30.3 Å². The Hall–Kier alpha value is -2.03. The number of amides is 1. The Morgan fingerprint density at radius 1 is 1.16 bits per heavy atom. The van der Waals surface area contributed by atoms with Gasteiger partial charge in [-0.1, -0.05) is 64.4 Å². The van der Waals surface area contributed by atoms with Crippen LogP contribution in [0.5, 0.6) is 0 Å². The summed E-state index contributed by atoms with van der Waals surface area (Å²) in [4.78, 5) is 12.3. The monoisotopic (exact) mass is 340 g/mol. The molecular weight excluding hydrogens is 308 g/mol. The second-order valence-corrected chi connectivity index (χ2v) is 8.08. The fourth-order valence-electron chi connectivity index (χ4n) is 3.37. The van der Waals surface area contributed by atoms with Crippen molar-refractivity contribution in [3.63, 3.8) is 0 Å². The molecule has 0 spiro atoms. The highest BCUT2D eigenvalue weighted by atomic mass is 16.1. The van der Waals surface area contributed by atoms with Crippen LogP contribution in [0.2, 0.25) is 0 Å². The lowest BCUT2D eigenvalue weighted by Gasteiger charge is -2.21. The topological polar surface area (TPSA) is 48.0 Å². The molecule has 1 aromatic carbocycles. The molecule has 2 rings (SSSR count). The highest BCUT2D eigenvalue weighted by Gasteiger charge is 2.25. The summed E-state index contributed by atoms with van der Waals surface area (Å²) in [6.45, 7) is 11.9. The van der Waals surface area contributed by atoms with Gasteiger partial charge in [-0.25, -0.2) is 0 Å². The summed E-state index contributed by atoms with van der Waals surface area (Å²) in [6.07, 6.45) is 4.27. The molecule has 0 bridgehead atoms.